The van der Waals surface area contributed by atoms with Crippen LogP contribution in [0.4, 0.5) is 0 Å². The van der Waals surface area contributed by atoms with Gasteiger partial charge in [-0.3, -0.25) is 14.7 Å². The van der Waals surface area contributed by atoms with Crippen LogP contribution >= 0.6 is 0 Å². The first-order valence-corrected chi connectivity index (χ1v) is 23.2. The lowest BCUT2D eigenvalue weighted by Gasteiger charge is -2.43. The van der Waals surface area contributed by atoms with Crippen molar-refractivity contribution in [2.45, 2.75) is 99.7 Å². The van der Waals surface area contributed by atoms with Gasteiger partial charge >= 0.3 is 26.4 Å². The fraction of sp³-hybridized carbons (Fsp3) is 1.00. The Kier molecular flexibility index (Phi) is 21.3. The topological polar surface area (TPSA) is 92.8 Å². The van der Waals surface area contributed by atoms with Crippen LogP contribution in [-0.2, 0) is 39.8 Å². The van der Waals surface area contributed by atoms with Crippen molar-refractivity contribution in [2.24, 2.45) is 0 Å². The molecule has 1 fully saturated rings. The van der Waals surface area contributed by atoms with E-state index in [4.69, 9.17) is 39.8 Å². The van der Waals surface area contributed by atoms with Gasteiger partial charge in [0.05, 0.1) is 24.0 Å². The molecular weight excluding hydrogens is 631 g/mol. The van der Waals surface area contributed by atoms with Gasteiger partial charge in [-0.25, -0.2) is 0 Å². The van der Waals surface area contributed by atoms with Crippen molar-refractivity contribution >= 4 is 26.4 Å². The van der Waals surface area contributed by atoms with E-state index in [0.29, 0.717) is 116 Å². The highest BCUT2D eigenvalue weighted by molar-refractivity contribution is 6.61. The number of hydrogen-bond acceptors (Lipinski definition) is 12. The third kappa shape index (κ3) is 16.4. The molecule has 0 atom stereocenters. The Hall–Kier alpha value is 0.171. The normalized spacial score (nSPS) is 22.1. The third-order valence-electron chi connectivity index (χ3n) is 6.87. The van der Waals surface area contributed by atoms with Gasteiger partial charge in [0.25, 0.3) is 0 Å². The lowest BCUT2D eigenvalue weighted by Crippen LogP contribution is -2.56. The summed E-state index contributed by atoms with van der Waals surface area (Å²) >= 11 is 0. The molecule has 12 nitrogen and oxygen atoms in total. The van der Waals surface area contributed by atoms with Crippen LogP contribution in [0.1, 0.15) is 85.7 Å². The lowest BCUT2D eigenvalue weighted by molar-refractivity contribution is -0.0310. The van der Waals surface area contributed by atoms with E-state index in [-0.39, 0.29) is 0 Å². The van der Waals surface area contributed by atoms with E-state index in [1.807, 2.05) is 77.0 Å². The minimum Gasteiger partial charge on any atom is -0.374 e. The Balaban J connectivity index is 3.26. The van der Waals surface area contributed by atoms with Crippen molar-refractivity contribution < 1.29 is 43.9 Å². The number of hydrogen-bond donors (Lipinski definition) is 0. The van der Waals surface area contributed by atoms with E-state index in [1.165, 1.54) is 0 Å². The number of nitrogens with zero attached hydrogens (tertiary/aromatic N) is 3. The molecule has 1 aliphatic heterocycles. The molecule has 0 radical (unpaired) electrons. The van der Waals surface area contributed by atoms with Crippen LogP contribution in [0.25, 0.3) is 0 Å². The summed E-state index contributed by atoms with van der Waals surface area (Å²) in [5.74, 6) is 0. The van der Waals surface area contributed by atoms with Crippen molar-refractivity contribution in [2.75, 3.05) is 99.0 Å². The van der Waals surface area contributed by atoms with Crippen molar-refractivity contribution in [3.8, 4) is 0 Å². The van der Waals surface area contributed by atoms with Crippen LogP contribution < -0.4 is 0 Å². The van der Waals surface area contributed by atoms with E-state index in [9.17, 15) is 4.11 Å². The molecule has 0 aromatic heterocycles. The van der Waals surface area contributed by atoms with Gasteiger partial charge in [0.1, 0.15) is 0 Å². The summed E-state index contributed by atoms with van der Waals surface area (Å²) in [4.78, 5) is 5.51. The maximum atomic E-state index is 9.30. The third-order valence-corrected chi connectivity index (χ3v) is 16.3. The summed E-state index contributed by atoms with van der Waals surface area (Å²) in [5, 5.41) is 0. The molecule has 270 valence electrons. The molecule has 0 N–H and O–H groups in total. The molecule has 15 heteroatoms. The fourth-order valence-electron chi connectivity index (χ4n) is 5.45. The largest absolute Gasteiger partial charge is 0.500 e. The first-order valence-electron chi connectivity index (χ1n) is 19.1. The van der Waals surface area contributed by atoms with Gasteiger partial charge in [-0.15, -0.1) is 0 Å². The zero-order valence-corrected chi connectivity index (χ0v) is 33.0. The summed E-state index contributed by atoms with van der Waals surface area (Å²) in [6.07, 6.45) is 1.89. The SMILES string of the molecule is [2H]C1N(CCC[Si](OCC)(OCC)OCC)C([2H])N(CCC[Si](OCC)(OCC)OCC)C([2H])N1CCC[Si](OCC)(OCC)OCC. The zero-order chi connectivity index (χ0) is 36.1. The van der Waals surface area contributed by atoms with Crippen molar-refractivity contribution in [1.82, 2.24) is 14.7 Å². The molecule has 0 aromatic rings. The molecular formula is C30H69N3O9Si3. The van der Waals surface area contributed by atoms with Crippen molar-refractivity contribution in [3.05, 3.63) is 0 Å². The van der Waals surface area contributed by atoms with Crippen molar-refractivity contribution in [3.63, 3.8) is 0 Å². The van der Waals surface area contributed by atoms with Crippen LogP contribution in [0.3, 0.4) is 0 Å². The highest BCUT2D eigenvalue weighted by atomic mass is 28.4. The van der Waals surface area contributed by atoms with Gasteiger partial charge in [-0.2, -0.15) is 0 Å². The molecule has 0 amide bonds. The minimum absolute atomic E-state index is 0.453. The van der Waals surface area contributed by atoms with Crippen molar-refractivity contribution in [1.29, 1.82) is 0 Å². The molecule has 0 bridgehead atoms. The second kappa shape index (κ2) is 25.2. The van der Waals surface area contributed by atoms with Gasteiger partial charge in [0, 0.05) is 97.2 Å². The highest BCUT2D eigenvalue weighted by Gasteiger charge is 2.42. The molecule has 0 unspecified atom stereocenters. The first kappa shape index (κ1) is 38.0. The maximum Gasteiger partial charge on any atom is 0.500 e. The van der Waals surface area contributed by atoms with Gasteiger partial charge < -0.3 is 39.8 Å². The van der Waals surface area contributed by atoms with Crippen LogP contribution in [0.15, 0.2) is 0 Å². The number of rotatable bonds is 30. The second-order valence-corrected chi connectivity index (χ2v) is 18.5. The molecule has 0 saturated carbocycles. The quantitative estimate of drug-likeness (QED) is 0.0934. The Labute approximate surface area is 283 Å². The second-order valence-electron chi connectivity index (χ2n) is 10.3. The van der Waals surface area contributed by atoms with Gasteiger partial charge in [0.15, 0.2) is 0 Å². The van der Waals surface area contributed by atoms with Gasteiger partial charge in [-0.05, 0) is 81.6 Å². The molecule has 0 aliphatic carbocycles. The lowest BCUT2D eigenvalue weighted by atomic mass is 10.3. The van der Waals surface area contributed by atoms with Crippen LogP contribution in [0.2, 0.25) is 18.1 Å². The Morgan fingerprint density at radius 2 is 0.556 bits per heavy atom. The zero-order valence-electron chi connectivity index (χ0n) is 33.0. The van der Waals surface area contributed by atoms with E-state index >= 15 is 0 Å². The van der Waals surface area contributed by atoms with E-state index in [1.54, 1.807) is 0 Å². The van der Waals surface area contributed by atoms with Crippen LogP contribution in [0, 0.1) is 0 Å². The smallest absolute Gasteiger partial charge is 0.374 e. The minimum atomic E-state index is -2.89. The van der Waals surface area contributed by atoms with Gasteiger partial charge in [-0.1, -0.05) is 0 Å². The van der Waals surface area contributed by atoms with E-state index in [2.05, 4.69) is 0 Å². The van der Waals surface area contributed by atoms with Crippen LogP contribution in [0.5, 0.6) is 0 Å². The summed E-state index contributed by atoms with van der Waals surface area (Å²) in [6.45, 7) is 20.6. The average Bonchev–Trinajstić information content (AvgIpc) is 3.03. The molecule has 1 heterocycles. The molecule has 45 heavy (non-hydrogen) atoms. The maximum absolute atomic E-state index is 9.30. The molecule has 1 rings (SSSR count). The Bertz CT molecular complexity index is 662. The molecule has 1 aliphatic rings. The molecule has 1 saturated heterocycles. The predicted octanol–water partition coefficient (Wildman–Crippen LogP) is 5.09. The molecule has 0 spiro atoms. The first-order chi connectivity index (χ1) is 23.1. The summed E-state index contributed by atoms with van der Waals surface area (Å²) < 4.78 is 82.5. The summed E-state index contributed by atoms with van der Waals surface area (Å²) in [7, 11) is -8.67. The molecule has 0 aromatic carbocycles. The monoisotopic (exact) mass is 702 g/mol. The van der Waals surface area contributed by atoms with Gasteiger partial charge in [0.2, 0.25) is 0 Å². The Morgan fingerprint density at radius 3 is 0.711 bits per heavy atom. The van der Waals surface area contributed by atoms with E-state index < -0.39 is 46.3 Å². The highest BCUT2D eigenvalue weighted by Crippen LogP contribution is 2.23. The Morgan fingerprint density at radius 1 is 0.378 bits per heavy atom. The predicted molar refractivity (Wildman–Crippen MR) is 185 cm³/mol. The van der Waals surface area contributed by atoms with E-state index in [0.717, 1.165) is 0 Å². The summed E-state index contributed by atoms with van der Waals surface area (Å²) in [5.41, 5.74) is 0. The fourth-order valence-corrected chi connectivity index (χ4v) is 13.2. The summed E-state index contributed by atoms with van der Waals surface area (Å²) in [6, 6.07) is 1.75. The standard InChI is InChI=1S/C30H69N3O9Si3/c1-10-34-43(35-11-2,36-12-3)25-19-22-31-28-32(23-20-26-44(37-13-4,38-14-5)39-15-6)30-33(29-31)24-21-27-45(40-16-7,41-17-8)42-18-9/h10-30H2,1-9H3/i28D,29D,30D. The average molecular weight is 703 g/mol. The van der Waals surface area contributed by atoms with Crippen LogP contribution in [-0.4, -0.2) is 140 Å².